The lowest BCUT2D eigenvalue weighted by Gasteiger charge is -2.16. The van der Waals surface area contributed by atoms with E-state index in [2.05, 4.69) is 45.0 Å². The van der Waals surface area contributed by atoms with E-state index in [-0.39, 0.29) is 6.04 Å². The van der Waals surface area contributed by atoms with Crippen molar-refractivity contribution in [1.29, 1.82) is 0 Å². The molecule has 2 N–H and O–H groups in total. The highest BCUT2D eigenvalue weighted by atomic mass is 15.3. The van der Waals surface area contributed by atoms with Crippen molar-refractivity contribution in [1.82, 2.24) is 25.1 Å². The molecule has 2 aromatic heterocycles. The lowest BCUT2D eigenvalue weighted by molar-refractivity contribution is 0.498. The number of aryl methyl sites for hydroxylation is 2. The molecule has 1 atom stereocenters. The van der Waals surface area contributed by atoms with Gasteiger partial charge in [0.1, 0.15) is 5.82 Å². The maximum absolute atomic E-state index is 4.48. The molecule has 0 saturated heterocycles. The Labute approximate surface area is 108 Å². The van der Waals surface area contributed by atoms with Crippen molar-refractivity contribution in [2.45, 2.75) is 39.8 Å². The first-order valence-corrected chi connectivity index (χ1v) is 6.50. The molecule has 5 nitrogen and oxygen atoms in total. The summed E-state index contributed by atoms with van der Waals surface area (Å²) in [6.07, 6.45) is 4.56. The van der Waals surface area contributed by atoms with Crippen LogP contribution in [-0.4, -0.2) is 26.3 Å². The lowest BCUT2D eigenvalue weighted by Crippen LogP contribution is -2.25. The molecule has 0 aliphatic carbocycles. The van der Waals surface area contributed by atoms with Crippen LogP contribution in [-0.2, 0) is 13.0 Å². The standard InChI is InChI=1S/C13H21N5/c1-4-14-12(13-15-6-7-16-13)9-11-8-10(3)17-18(11)5-2/h6-8,12,14H,4-5,9H2,1-3H3,(H,15,16). The molecule has 98 valence electrons. The number of H-pyrrole nitrogens is 1. The minimum Gasteiger partial charge on any atom is -0.347 e. The summed E-state index contributed by atoms with van der Waals surface area (Å²) in [5, 5.41) is 7.94. The minimum atomic E-state index is 0.214. The maximum atomic E-state index is 4.48. The van der Waals surface area contributed by atoms with Crippen molar-refractivity contribution >= 4 is 0 Å². The molecule has 2 rings (SSSR count). The van der Waals surface area contributed by atoms with E-state index in [1.807, 2.05) is 13.1 Å². The average molecular weight is 247 g/mol. The Hall–Kier alpha value is -1.62. The van der Waals surface area contributed by atoms with Gasteiger partial charge in [0.25, 0.3) is 0 Å². The van der Waals surface area contributed by atoms with E-state index >= 15 is 0 Å². The topological polar surface area (TPSA) is 58.5 Å². The van der Waals surface area contributed by atoms with Gasteiger partial charge >= 0.3 is 0 Å². The second kappa shape index (κ2) is 5.82. The summed E-state index contributed by atoms with van der Waals surface area (Å²) in [7, 11) is 0. The Bertz CT molecular complexity index is 472. The number of aromatic amines is 1. The zero-order valence-electron chi connectivity index (χ0n) is 11.3. The van der Waals surface area contributed by atoms with Crippen molar-refractivity contribution in [3.63, 3.8) is 0 Å². The number of rotatable bonds is 6. The van der Waals surface area contributed by atoms with Crippen molar-refractivity contribution in [3.8, 4) is 0 Å². The van der Waals surface area contributed by atoms with Crippen molar-refractivity contribution in [2.24, 2.45) is 0 Å². The third-order valence-electron chi connectivity index (χ3n) is 3.00. The molecule has 2 aromatic rings. The summed E-state index contributed by atoms with van der Waals surface area (Å²) >= 11 is 0. The number of hydrogen-bond acceptors (Lipinski definition) is 3. The summed E-state index contributed by atoms with van der Waals surface area (Å²) < 4.78 is 2.06. The van der Waals surface area contributed by atoms with Gasteiger partial charge in [0, 0.05) is 31.1 Å². The first kappa shape index (κ1) is 12.8. The van der Waals surface area contributed by atoms with Crippen LogP contribution in [0.25, 0.3) is 0 Å². The molecule has 18 heavy (non-hydrogen) atoms. The number of imidazole rings is 1. The van der Waals surface area contributed by atoms with E-state index in [0.29, 0.717) is 0 Å². The fourth-order valence-electron chi connectivity index (χ4n) is 2.23. The highest BCUT2D eigenvalue weighted by Crippen LogP contribution is 2.16. The predicted octanol–water partition coefficient (Wildman–Crippen LogP) is 1.83. The minimum absolute atomic E-state index is 0.214. The summed E-state index contributed by atoms with van der Waals surface area (Å²) in [6, 6.07) is 2.36. The van der Waals surface area contributed by atoms with E-state index in [1.165, 1.54) is 5.69 Å². The Morgan fingerprint density at radius 3 is 2.89 bits per heavy atom. The molecule has 0 radical (unpaired) electrons. The normalized spacial score (nSPS) is 12.8. The maximum Gasteiger partial charge on any atom is 0.123 e. The molecule has 0 saturated carbocycles. The van der Waals surface area contributed by atoms with Gasteiger partial charge in [0.15, 0.2) is 0 Å². The summed E-state index contributed by atoms with van der Waals surface area (Å²) in [5.41, 5.74) is 2.32. The molecule has 1 unspecified atom stereocenters. The number of hydrogen-bond donors (Lipinski definition) is 2. The SMILES string of the molecule is CCNC(Cc1cc(C)nn1CC)c1ncc[nH]1. The van der Waals surface area contributed by atoms with Crippen LogP contribution in [0.15, 0.2) is 18.5 Å². The Morgan fingerprint density at radius 2 is 2.28 bits per heavy atom. The van der Waals surface area contributed by atoms with Gasteiger partial charge in [0.05, 0.1) is 11.7 Å². The van der Waals surface area contributed by atoms with E-state index in [4.69, 9.17) is 0 Å². The molecule has 0 aliphatic rings. The van der Waals surface area contributed by atoms with Gasteiger partial charge in [-0.25, -0.2) is 4.98 Å². The highest BCUT2D eigenvalue weighted by molar-refractivity contribution is 5.12. The van der Waals surface area contributed by atoms with Crippen LogP contribution in [0, 0.1) is 6.92 Å². The molecule has 2 heterocycles. The number of likely N-dealkylation sites (N-methyl/N-ethyl adjacent to an activating group) is 1. The van der Waals surface area contributed by atoms with Gasteiger partial charge in [0.2, 0.25) is 0 Å². The first-order chi connectivity index (χ1) is 8.74. The van der Waals surface area contributed by atoms with E-state index in [1.54, 1.807) is 6.20 Å². The van der Waals surface area contributed by atoms with Crippen molar-refractivity contribution in [3.05, 3.63) is 35.7 Å². The Balaban J connectivity index is 2.18. The fraction of sp³-hybridized carbons (Fsp3) is 0.538. The van der Waals surface area contributed by atoms with E-state index in [0.717, 1.165) is 31.0 Å². The van der Waals surface area contributed by atoms with Crippen molar-refractivity contribution < 1.29 is 0 Å². The zero-order chi connectivity index (χ0) is 13.0. The third kappa shape index (κ3) is 2.79. The number of nitrogens with one attached hydrogen (secondary N) is 2. The lowest BCUT2D eigenvalue weighted by atomic mass is 10.1. The van der Waals surface area contributed by atoms with Crippen LogP contribution in [0.4, 0.5) is 0 Å². The zero-order valence-corrected chi connectivity index (χ0v) is 11.3. The van der Waals surface area contributed by atoms with Crippen LogP contribution in [0.1, 0.15) is 37.1 Å². The highest BCUT2D eigenvalue weighted by Gasteiger charge is 2.16. The Kier molecular flexibility index (Phi) is 4.15. The Morgan fingerprint density at radius 1 is 1.44 bits per heavy atom. The number of nitrogens with zero attached hydrogens (tertiary/aromatic N) is 3. The van der Waals surface area contributed by atoms with Crippen LogP contribution < -0.4 is 5.32 Å². The van der Waals surface area contributed by atoms with E-state index < -0.39 is 0 Å². The predicted molar refractivity (Wildman–Crippen MR) is 71.3 cm³/mol. The molecule has 0 aliphatic heterocycles. The second-order valence-corrected chi connectivity index (χ2v) is 4.38. The second-order valence-electron chi connectivity index (χ2n) is 4.38. The van der Waals surface area contributed by atoms with Gasteiger partial charge in [-0.05, 0) is 26.5 Å². The largest absolute Gasteiger partial charge is 0.347 e. The van der Waals surface area contributed by atoms with Crippen LogP contribution in [0.3, 0.4) is 0 Å². The van der Waals surface area contributed by atoms with Crippen LogP contribution in [0.2, 0.25) is 0 Å². The van der Waals surface area contributed by atoms with Gasteiger partial charge < -0.3 is 10.3 Å². The van der Waals surface area contributed by atoms with Gasteiger partial charge in [-0.3, -0.25) is 4.68 Å². The van der Waals surface area contributed by atoms with Crippen molar-refractivity contribution in [2.75, 3.05) is 6.54 Å². The summed E-state index contributed by atoms with van der Waals surface area (Å²) in [6.45, 7) is 8.08. The smallest absolute Gasteiger partial charge is 0.123 e. The molecule has 0 bridgehead atoms. The summed E-state index contributed by atoms with van der Waals surface area (Å²) in [4.78, 5) is 7.53. The molecular formula is C13H21N5. The molecule has 0 spiro atoms. The first-order valence-electron chi connectivity index (χ1n) is 6.50. The van der Waals surface area contributed by atoms with Crippen LogP contribution in [0.5, 0.6) is 0 Å². The van der Waals surface area contributed by atoms with Gasteiger partial charge in [-0.15, -0.1) is 0 Å². The monoisotopic (exact) mass is 247 g/mol. The van der Waals surface area contributed by atoms with Crippen LogP contribution >= 0.6 is 0 Å². The average Bonchev–Trinajstić information content (AvgIpc) is 2.97. The molecule has 0 amide bonds. The third-order valence-corrected chi connectivity index (χ3v) is 3.00. The molecule has 0 fully saturated rings. The fourth-order valence-corrected chi connectivity index (χ4v) is 2.23. The molecule has 0 aromatic carbocycles. The summed E-state index contributed by atoms with van der Waals surface area (Å²) in [5.74, 6) is 0.985. The van der Waals surface area contributed by atoms with E-state index in [9.17, 15) is 0 Å². The molecular weight excluding hydrogens is 226 g/mol. The van der Waals surface area contributed by atoms with Gasteiger partial charge in [-0.1, -0.05) is 6.92 Å². The van der Waals surface area contributed by atoms with Gasteiger partial charge in [-0.2, -0.15) is 5.10 Å². The quantitative estimate of drug-likeness (QED) is 0.818. The number of aromatic nitrogens is 4. The molecule has 5 heteroatoms.